The highest BCUT2D eigenvalue weighted by Crippen LogP contribution is 2.03. The molecule has 5 nitrogen and oxygen atoms in total. The number of likely N-dealkylation sites (N-methyl/N-ethyl adjacent to an activating group) is 1. The highest BCUT2D eigenvalue weighted by Gasteiger charge is 2.06. The van der Waals surface area contributed by atoms with Crippen molar-refractivity contribution in [3.05, 3.63) is 71.8 Å². The largest absolute Gasteiger partial charge is 0.370 e. The molecule has 0 heterocycles. The Morgan fingerprint density at radius 1 is 0.875 bits per heavy atom. The second kappa shape index (κ2) is 9.35. The van der Waals surface area contributed by atoms with Gasteiger partial charge in [-0.2, -0.15) is 4.99 Å². The summed E-state index contributed by atoms with van der Waals surface area (Å²) >= 11 is 0. The van der Waals surface area contributed by atoms with Crippen molar-refractivity contribution in [2.24, 2.45) is 21.5 Å². The van der Waals surface area contributed by atoms with Crippen LogP contribution in [0, 0.1) is 0 Å². The summed E-state index contributed by atoms with van der Waals surface area (Å²) in [5, 5.41) is 0. The lowest BCUT2D eigenvalue weighted by Gasteiger charge is -2.18. The average molecular weight is 323 g/mol. The van der Waals surface area contributed by atoms with Gasteiger partial charge >= 0.3 is 0 Å². The summed E-state index contributed by atoms with van der Waals surface area (Å²) in [6.45, 7) is 1.44. The van der Waals surface area contributed by atoms with Crippen LogP contribution in [0.2, 0.25) is 0 Å². The number of rotatable bonds is 6. The minimum Gasteiger partial charge on any atom is -0.370 e. The van der Waals surface area contributed by atoms with Crippen molar-refractivity contribution in [3.63, 3.8) is 0 Å². The fraction of sp³-hybridized carbons (Fsp3) is 0.263. The molecule has 0 aliphatic carbocycles. The Labute approximate surface area is 143 Å². The first-order valence-corrected chi connectivity index (χ1v) is 8.08. The molecule has 5 heteroatoms. The van der Waals surface area contributed by atoms with Crippen LogP contribution >= 0.6 is 0 Å². The van der Waals surface area contributed by atoms with Crippen LogP contribution in [0.3, 0.4) is 0 Å². The van der Waals surface area contributed by atoms with E-state index in [0.717, 1.165) is 19.4 Å². The number of hydrogen-bond acceptors (Lipinski definition) is 1. The Morgan fingerprint density at radius 2 is 1.42 bits per heavy atom. The number of nitrogens with two attached hydrogens (primary N) is 2. The lowest BCUT2D eigenvalue weighted by atomic mass is 10.1. The molecule has 126 valence electrons. The predicted octanol–water partition coefficient (Wildman–Crippen LogP) is 2.03. The standard InChI is InChI=1S/C19H25N5/c1-24(15-13-17-10-6-3-7-11-17)19(23-18(20)21)22-14-12-16-8-4-2-5-9-16/h2-11H,12-15H2,1H3,(H4,20,21,22,23). The van der Waals surface area contributed by atoms with Gasteiger partial charge in [-0.3, -0.25) is 4.99 Å². The van der Waals surface area contributed by atoms with Crippen LogP contribution < -0.4 is 11.5 Å². The zero-order valence-corrected chi connectivity index (χ0v) is 14.1. The molecule has 0 bridgehead atoms. The molecule has 0 spiro atoms. The van der Waals surface area contributed by atoms with E-state index >= 15 is 0 Å². The molecule has 0 unspecified atom stereocenters. The molecule has 4 N–H and O–H groups in total. The molecule has 2 aromatic carbocycles. The zero-order valence-electron chi connectivity index (χ0n) is 14.1. The maximum Gasteiger partial charge on any atom is 0.223 e. The second-order valence-electron chi connectivity index (χ2n) is 5.61. The normalized spacial score (nSPS) is 11.1. The third kappa shape index (κ3) is 6.12. The van der Waals surface area contributed by atoms with E-state index in [4.69, 9.17) is 11.5 Å². The maximum absolute atomic E-state index is 5.54. The van der Waals surface area contributed by atoms with Crippen LogP contribution in [0.25, 0.3) is 0 Å². The summed E-state index contributed by atoms with van der Waals surface area (Å²) in [6.07, 6.45) is 1.77. The molecule has 0 amide bonds. The smallest absolute Gasteiger partial charge is 0.223 e. The monoisotopic (exact) mass is 323 g/mol. The molecule has 2 aromatic rings. The number of hydrogen-bond donors (Lipinski definition) is 2. The van der Waals surface area contributed by atoms with E-state index in [2.05, 4.69) is 34.3 Å². The lowest BCUT2D eigenvalue weighted by Crippen LogP contribution is -2.32. The van der Waals surface area contributed by atoms with Gasteiger partial charge in [0.05, 0.1) is 0 Å². The van der Waals surface area contributed by atoms with E-state index in [9.17, 15) is 0 Å². The van der Waals surface area contributed by atoms with Gasteiger partial charge in [-0.1, -0.05) is 60.7 Å². The third-order valence-corrected chi connectivity index (χ3v) is 3.65. The van der Waals surface area contributed by atoms with Gasteiger partial charge in [-0.25, -0.2) is 0 Å². The van der Waals surface area contributed by atoms with E-state index in [1.807, 2.05) is 48.3 Å². The summed E-state index contributed by atoms with van der Waals surface area (Å²) in [4.78, 5) is 10.7. The summed E-state index contributed by atoms with van der Waals surface area (Å²) in [6, 6.07) is 20.6. The Balaban J connectivity index is 1.95. The number of aliphatic imine (C=N–C) groups is 2. The van der Waals surface area contributed by atoms with Crippen LogP contribution in [0.15, 0.2) is 70.6 Å². The molecule has 0 radical (unpaired) electrons. The molecule has 0 atom stereocenters. The second-order valence-corrected chi connectivity index (χ2v) is 5.61. The van der Waals surface area contributed by atoms with E-state index in [0.29, 0.717) is 12.5 Å². The highest BCUT2D eigenvalue weighted by atomic mass is 15.3. The maximum atomic E-state index is 5.54. The lowest BCUT2D eigenvalue weighted by molar-refractivity contribution is 0.500. The molecule has 2 rings (SSSR count). The quantitative estimate of drug-likeness (QED) is 0.630. The molecule has 0 fully saturated rings. The van der Waals surface area contributed by atoms with Gasteiger partial charge < -0.3 is 16.4 Å². The first kappa shape index (κ1) is 17.5. The van der Waals surface area contributed by atoms with Gasteiger partial charge in [0.1, 0.15) is 0 Å². The SMILES string of the molecule is CN(CCc1ccccc1)C(N=C(N)N)=NCCc1ccccc1. The topological polar surface area (TPSA) is 80.0 Å². The van der Waals surface area contributed by atoms with Crippen molar-refractivity contribution in [1.82, 2.24) is 4.90 Å². The van der Waals surface area contributed by atoms with E-state index in [1.165, 1.54) is 11.1 Å². The van der Waals surface area contributed by atoms with Crippen molar-refractivity contribution in [1.29, 1.82) is 0 Å². The number of guanidine groups is 2. The highest BCUT2D eigenvalue weighted by molar-refractivity contribution is 5.93. The molecule has 0 saturated carbocycles. The molecular formula is C19H25N5. The van der Waals surface area contributed by atoms with Crippen LogP contribution in [-0.2, 0) is 12.8 Å². The summed E-state index contributed by atoms with van der Waals surface area (Å²) in [5.41, 5.74) is 13.6. The average Bonchev–Trinajstić information content (AvgIpc) is 2.60. The van der Waals surface area contributed by atoms with Crippen molar-refractivity contribution in [2.75, 3.05) is 20.1 Å². The summed E-state index contributed by atoms with van der Waals surface area (Å²) < 4.78 is 0. The van der Waals surface area contributed by atoms with Gasteiger partial charge in [-0.15, -0.1) is 0 Å². The first-order chi connectivity index (χ1) is 11.6. The molecule has 0 aliphatic heterocycles. The third-order valence-electron chi connectivity index (χ3n) is 3.65. The summed E-state index contributed by atoms with van der Waals surface area (Å²) in [7, 11) is 1.96. The minimum absolute atomic E-state index is 0.0278. The van der Waals surface area contributed by atoms with Gasteiger partial charge in [0.15, 0.2) is 5.96 Å². The van der Waals surface area contributed by atoms with Gasteiger partial charge in [0, 0.05) is 20.1 Å². The van der Waals surface area contributed by atoms with Gasteiger partial charge in [0.2, 0.25) is 5.96 Å². The minimum atomic E-state index is 0.0278. The molecule has 24 heavy (non-hydrogen) atoms. The first-order valence-electron chi connectivity index (χ1n) is 8.08. The molecule has 0 aromatic heterocycles. The zero-order chi connectivity index (χ0) is 17.2. The van der Waals surface area contributed by atoms with Gasteiger partial charge in [-0.05, 0) is 24.0 Å². The van der Waals surface area contributed by atoms with Crippen LogP contribution in [0.4, 0.5) is 0 Å². The number of nitrogens with zero attached hydrogens (tertiary/aromatic N) is 3. The molecule has 0 saturated heterocycles. The van der Waals surface area contributed by atoms with Crippen molar-refractivity contribution in [2.45, 2.75) is 12.8 Å². The van der Waals surface area contributed by atoms with Crippen molar-refractivity contribution >= 4 is 11.9 Å². The van der Waals surface area contributed by atoms with Gasteiger partial charge in [0.25, 0.3) is 0 Å². The van der Waals surface area contributed by atoms with Crippen LogP contribution in [-0.4, -0.2) is 37.0 Å². The Morgan fingerprint density at radius 3 is 1.96 bits per heavy atom. The van der Waals surface area contributed by atoms with Crippen LogP contribution in [0.1, 0.15) is 11.1 Å². The van der Waals surface area contributed by atoms with E-state index < -0.39 is 0 Å². The number of benzene rings is 2. The molecular weight excluding hydrogens is 298 g/mol. The van der Waals surface area contributed by atoms with Crippen LogP contribution in [0.5, 0.6) is 0 Å². The molecule has 0 aliphatic rings. The fourth-order valence-electron chi connectivity index (χ4n) is 2.33. The Kier molecular flexibility index (Phi) is 6.83. The van der Waals surface area contributed by atoms with E-state index in [1.54, 1.807) is 0 Å². The fourth-order valence-corrected chi connectivity index (χ4v) is 2.33. The van der Waals surface area contributed by atoms with Crippen molar-refractivity contribution < 1.29 is 0 Å². The Hall–Kier alpha value is -2.82. The van der Waals surface area contributed by atoms with Crippen molar-refractivity contribution in [3.8, 4) is 0 Å². The van der Waals surface area contributed by atoms with E-state index in [-0.39, 0.29) is 5.96 Å². The summed E-state index contributed by atoms with van der Waals surface area (Å²) in [5.74, 6) is 0.599. The predicted molar refractivity (Wildman–Crippen MR) is 101 cm³/mol. The Bertz CT molecular complexity index is 661.